The molecule has 1 fully saturated rings. The molecule has 0 N–H and O–H groups in total. The van der Waals surface area contributed by atoms with Crippen LogP contribution in [-0.4, -0.2) is 46.9 Å². The van der Waals surface area contributed by atoms with Crippen molar-refractivity contribution in [1.82, 2.24) is 14.8 Å². The Hall–Kier alpha value is -0.940. The van der Waals surface area contributed by atoms with Gasteiger partial charge in [0.1, 0.15) is 5.01 Å². The Morgan fingerprint density at radius 1 is 1.52 bits per heavy atom. The Kier molecular flexibility index (Phi) is 5.76. The van der Waals surface area contributed by atoms with E-state index in [4.69, 9.17) is 0 Å². The van der Waals surface area contributed by atoms with Crippen molar-refractivity contribution in [3.63, 3.8) is 0 Å². The molecule has 2 unspecified atom stereocenters. The lowest BCUT2D eigenvalue weighted by Crippen LogP contribution is -2.35. The van der Waals surface area contributed by atoms with Crippen molar-refractivity contribution < 1.29 is 4.79 Å². The summed E-state index contributed by atoms with van der Waals surface area (Å²) in [4.78, 5) is 21.2. The van der Waals surface area contributed by atoms with Crippen LogP contribution in [-0.2, 0) is 4.79 Å². The van der Waals surface area contributed by atoms with Gasteiger partial charge in [-0.15, -0.1) is 11.3 Å². The average Bonchev–Trinajstić information content (AvgIpc) is 2.82. The number of nitrogens with zero attached hydrogens (tertiary/aromatic N) is 3. The predicted octanol–water partition coefficient (Wildman–Crippen LogP) is 3.24. The highest BCUT2D eigenvalue weighted by molar-refractivity contribution is 7.09. The van der Waals surface area contributed by atoms with Crippen molar-refractivity contribution >= 4 is 17.2 Å². The summed E-state index contributed by atoms with van der Waals surface area (Å²) in [5.74, 6) is 0.325. The molecule has 4 nitrogen and oxygen atoms in total. The molecular formula is C16H27N3OS. The summed E-state index contributed by atoms with van der Waals surface area (Å²) in [6.45, 7) is 8.19. The summed E-state index contributed by atoms with van der Waals surface area (Å²) in [5, 5.41) is 3.29. The van der Waals surface area contributed by atoms with Crippen LogP contribution in [0.3, 0.4) is 0 Å². The molecule has 1 aromatic rings. The van der Waals surface area contributed by atoms with E-state index < -0.39 is 0 Å². The van der Waals surface area contributed by atoms with Crippen LogP contribution in [0, 0.1) is 6.92 Å². The number of thiazole rings is 1. The van der Waals surface area contributed by atoms with Crippen LogP contribution in [0.2, 0.25) is 0 Å². The number of rotatable bonds is 5. The second-order valence-electron chi connectivity index (χ2n) is 6.03. The van der Waals surface area contributed by atoms with Gasteiger partial charge in [-0.3, -0.25) is 9.69 Å². The first-order chi connectivity index (χ1) is 10.0. The number of hydrogen-bond acceptors (Lipinski definition) is 4. The fourth-order valence-electron chi connectivity index (χ4n) is 2.99. The molecular weight excluding hydrogens is 282 g/mol. The third-order valence-electron chi connectivity index (χ3n) is 4.45. The predicted molar refractivity (Wildman–Crippen MR) is 87.5 cm³/mol. The first-order valence-electron chi connectivity index (χ1n) is 7.94. The Bertz CT molecular complexity index is 474. The van der Waals surface area contributed by atoms with E-state index in [9.17, 15) is 4.79 Å². The fourth-order valence-corrected chi connectivity index (χ4v) is 3.89. The van der Waals surface area contributed by atoms with Crippen molar-refractivity contribution in [3.8, 4) is 0 Å². The third kappa shape index (κ3) is 4.04. The molecule has 1 aliphatic heterocycles. The summed E-state index contributed by atoms with van der Waals surface area (Å²) in [5.41, 5.74) is 1.10. The fraction of sp³-hybridized carbons (Fsp3) is 0.750. The molecule has 5 heteroatoms. The minimum absolute atomic E-state index is 0.321. The largest absolute Gasteiger partial charge is 0.343 e. The van der Waals surface area contributed by atoms with Crippen molar-refractivity contribution in [3.05, 3.63) is 16.1 Å². The monoisotopic (exact) mass is 309 g/mol. The molecule has 1 amide bonds. The van der Waals surface area contributed by atoms with E-state index in [-0.39, 0.29) is 0 Å². The SMILES string of the molecule is CCCN1CCC(N(C)C(C)c2nc(C)cs2)CCC1=O. The summed E-state index contributed by atoms with van der Waals surface area (Å²) >= 11 is 1.73. The van der Waals surface area contributed by atoms with E-state index in [1.54, 1.807) is 11.3 Å². The van der Waals surface area contributed by atoms with Gasteiger partial charge in [0.05, 0.1) is 6.04 Å². The highest BCUT2D eigenvalue weighted by Gasteiger charge is 2.27. The summed E-state index contributed by atoms with van der Waals surface area (Å²) in [6.07, 6.45) is 3.75. The van der Waals surface area contributed by atoms with Gasteiger partial charge in [-0.25, -0.2) is 4.98 Å². The van der Waals surface area contributed by atoms with Gasteiger partial charge in [-0.1, -0.05) is 6.92 Å². The molecule has 2 rings (SSSR count). The molecule has 118 valence electrons. The van der Waals surface area contributed by atoms with Gasteiger partial charge in [0.15, 0.2) is 0 Å². The number of carbonyl (C=O) groups is 1. The lowest BCUT2D eigenvalue weighted by molar-refractivity contribution is -0.130. The van der Waals surface area contributed by atoms with Gasteiger partial charge in [0.25, 0.3) is 0 Å². The van der Waals surface area contributed by atoms with Crippen LogP contribution in [0.4, 0.5) is 0 Å². The molecule has 0 aliphatic carbocycles. The zero-order valence-corrected chi connectivity index (χ0v) is 14.4. The van der Waals surface area contributed by atoms with E-state index in [1.165, 1.54) is 5.01 Å². The molecule has 1 aromatic heterocycles. The van der Waals surface area contributed by atoms with E-state index in [1.807, 2.05) is 11.8 Å². The lowest BCUT2D eigenvalue weighted by atomic mass is 10.1. The first kappa shape index (κ1) is 16.4. The maximum atomic E-state index is 12.1. The van der Waals surface area contributed by atoms with Crippen molar-refractivity contribution in [2.45, 2.75) is 58.5 Å². The molecule has 0 radical (unpaired) electrons. The van der Waals surface area contributed by atoms with Gasteiger partial charge in [-0.2, -0.15) is 0 Å². The highest BCUT2D eigenvalue weighted by atomic mass is 32.1. The Morgan fingerprint density at radius 2 is 2.29 bits per heavy atom. The molecule has 2 atom stereocenters. The molecule has 0 bridgehead atoms. The topological polar surface area (TPSA) is 36.4 Å². The van der Waals surface area contributed by atoms with E-state index in [0.717, 1.165) is 38.0 Å². The molecule has 2 heterocycles. The van der Waals surface area contributed by atoms with Gasteiger partial charge in [-0.05, 0) is 40.2 Å². The number of likely N-dealkylation sites (tertiary alicyclic amines) is 1. The van der Waals surface area contributed by atoms with Crippen LogP contribution in [0.5, 0.6) is 0 Å². The van der Waals surface area contributed by atoms with Gasteiger partial charge < -0.3 is 4.90 Å². The standard InChI is InChI=1S/C16H27N3OS/c1-5-9-19-10-8-14(6-7-15(19)20)18(4)13(3)16-17-12(2)11-21-16/h11,13-14H,5-10H2,1-4H3. The van der Waals surface area contributed by atoms with Crippen molar-refractivity contribution in [2.24, 2.45) is 0 Å². The zero-order valence-electron chi connectivity index (χ0n) is 13.6. The lowest BCUT2D eigenvalue weighted by Gasteiger charge is -2.31. The zero-order chi connectivity index (χ0) is 15.4. The average molecular weight is 309 g/mol. The van der Waals surface area contributed by atoms with Crippen molar-refractivity contribution in [2.75, 3.05) is 20.1 Å². The molecule has 0 saturated carbocycles. The minimum Gasteiger partial charge on any atom is -0.343 e. The van der Waals surface area contributed by atoms with Crippen LogP contribution in [0.1, 0.15) is 56.3 Å². The number of amides is 1. The van der Waals surface area contributed by atoms with Crippen LogP contribution in [0.15, 0.2) is 5.38 Å². The minimum atomic E-state index is 0.321. The maximum absolute atomic E-state index is 12.1. The number of hydrogen-bond donors (Lipinski definition) is 0. The summed E-state index contributed by atoms with van der Waals surface area (Å²) in [7, 11) is 2.17. The number of aryl methyl sites for hydroxylation is 1. The van der Waals surface area contributed by atoms with Crippen LogP contribution < -0.4 is 0 Å². The number of aromatic nitrogens is 1. The quantitative estimate of drug-likeness (QED) is 0.838. The van der Waals surface area contributed by atoms with E-state index in [2.05, 4.69) is 36.2 Å². The smallest absolute Gasteiger partial charge is 0.222 e. The second-order valence-corrected chi connectivity index (χ2v) is 6.92. The van der Waals surface area contributed by atoms with Crippen molar-refractivity contribution in [1.29, 1.82) is 0 Å². The Labute approximate surface area is 132 Å². The van der Waals surface area contributed by atoms with Gasteiger partial charge in [0, 0.05) is 36.6 Å². The highest BCUT2D eigenvalue weighted by Crippen LogP contribution is 2.27. The molecule has 1 saturated heterocycles. The van der Waals surface area contributed by atoms with Gasteiger partial charge >= 0.3 is 0 Å². The molecule has 0 spiro atoms. The molecule has 0 aromatic carbocycles. The third-order valence-corrected chi connectivity index (χ3v) is 5.58. The van der Waals surface area contributed by atoms with Crippen LogP contribution in [0.25, 0.3) is 0 Å². The normalized spacial score (nSPS) is 21.7. The first-order valence-corrected chi connectivity index (χ1v) is 8.82. The van der Waals surface area contributed by atoms with E-state index >= 15 is 0 Å². The maximum Gasteiger partial charge on any atom is 0.222 e. The molecule has 21 heavy (non-hydrogen) atoms. The molecule has 1 aliphatic rings. The number of carbonyl (C=O) groups excluding carboxylic acids is 1. The Balaban J connectivity index is 1.99. The van der Waals surface area contributed by atoms with E-state index in [0.29, 0.717) is 24.4 Å². The summed E-state index contributed by atoms with van der Waals surface area (Å²) in [6, 6.07) is 0.788. The second kappa shape index (κ2) is 7.36. The van der Waals surface area contributed by atoms with Crippen LogP contribution >= 0.6 is 11.3 Å². The Morgan fingerprint density at radius 3 is 2.90 bits per heavy atom. The summed E-state index contributed by atoms with van der Waals surface area (Å²) < 4.78 is 0. The van der Waals surface area contributed by atoms with Gasteiger partial charge in [0.2, 0.25) is 5.91 Å².